The Morgan fingerprint density at radius 1 is 0.848 bits per heavy atom. The standard InChI is InChI=1S/C26H27FN2O3S/c27-23-13-11-22(12-14-23)26(21-7-3-1-4-8-21)28-25(30)19-20-9-15-24(16-10-20)33(31,32)29-17-5-2-6-18-29/h1,3-4,7-16,26H,2,5-6,17-19H2,(H,28,30). The predicted octanol–water partition coefficient (Wildman–Crippen LogP) is 4.45. The first-order valence-electron chi connectivity index (χ1n) is 11.1. The Balaban J connectivity index is 1.47. The van der Waals surface area contributed by atoms with Gasteiger partial charge in [0.1, 0.15) is 5.82 Å². The van der Waals surface area contributed by atoms with Gasteiger partial charge in [-0.05, 0) is 53.8 Å². The van der Waals surface area contributed by atoms with Gasteiger partial charge in [0.2, 0.25) is 15.9 Å². The molecule has 0 bridgehead atoms. The van der Waals surface area contributed by atoms with Crippen molar-refractivity contribution in [3.63, 3.8) is 0 Å². The number of piperidine rings is 1. The van der Waals surface area contributed by atoms with Gasteiger partial charge in [-0.15, -0.1) is 0 Å². The fourth-order valence-electron chi connectivity index (χ4n) is 4.09. The summed E-state index contributed by atoms with van der Waals surface area (Å²) in [5, 5.41) is 3.03. The number of hydrogen-bond acceptors (Lipinski definition) is 3. The molecule has 0 saturated carbocycles. The van der Waals surface area contributed by atoms with Crippen molar-refractivity contribution in [2.45, 2.75) is 36.6 Å². The van der Waals surface area contributed by atoms with Gasteiger partial charge in [0.15, 0.2) is 0 Å². The SMILES string of the molecule is O=C(Cc1ccc(S(=O)(=O)N2CCCCC2)cc1)NC(c1ccccc1)c1ccc(F)cc1. The summed E-state index contributed by atoms with van der Waals surface area (Å²) < 4.78 is 40.6. The van der Waals surface area contributed by atoms with Crippen molar-refractivity contribution in [2.24, 2.45) is 0 Å². The van der Waals surface area contributed by atoms with Gasteiger partial charge in [-0.25, -0.2) is 12.8 Å². The number of benzene rings is 3. The fourth-order valence-corrected chi connectivity index (χ4v) is 5.61. The van der Waals surface area contributed by atoms with Crippen LogP contribution in [0.15, 0.2) is 83.8 Å². The number of nitrogens with one attached hydrogen (secondary N) is 1. The van der Waals surface area contributed by atoms with E-state index in [0.29, 0.717) is 13.1 Å². The van der Waals surface area contributed by atoms with E-state index in [9.17, 15) is 17.6 Å². The Kier molecular flexibility index (Phi) is 7.20. The Labute approximate surface area is 194 Å². The van der Waals surface area contributed by atoms with Crippen LogP contribution in [0.5, 0.6) is 0 Å². The van der Waals surface area contributed by atoms with Crippen LogP contribution in [0.25, 0.3) is 0 Å². The van der Waals surface area contributed by atoms with E-state index >= 15 is 0 Å². The molecule has 3 aromatic rings. The molecule has 1 saturated heterocycles. The number of carbonyl (C=O) groups excluding carboxylic acids is 1. The summed E-state index contributed by atoms with van der Waals surface area (Å²) in [5.74, 6) is -0.545. The van der Waals surface area contributed by atoms with Crippen LogP contribution in [0.3, 0.4) is 0 Å². The van der Waals surface area contributed by atoms with Crippen molar-refractivity contribution in [1.82, 2.24) is 9.62 Å². The predicted molar refractivity (Wildman–Crippen MR) is 126 cm³/mol. The van der Waals surface area contributed by atoms with E-state index in [1.807, 2.05) is 30.3 Å². The zero-order valence-electron chi connectivity index (χ0n) is 18.3. The molecule has 4 rings (SSSR count). The summed E-state index contributed by atoms with van der Waals surface area (Å²) in [6, 6.07) is 21.7. The molecule has 7 heteroatoms. The highest BCUT2D eigenvalue weighted by atomic mass is 32.2. The summed E-state index contributed by atoms with van der Waals surface area (Å²) in [4.78, 5) is 13.1. The summed E-state index contributed by atoms with van der Waals surface area (Å²) >= 11 is 0. The van der Waals surface area contributed by atoms with Crippen molar-refractivity contribution in [2.75, 3.05) is 13.1 Å². The molecular formula is C26H27FN2O3S. The lowest BCUT2D eigenvalue weighted by atomic mass is 9.98. The molecule has 1 amide bonds. The summed E-state index contributed by atoms with van der Waals surface area (Å²) in [6.07, 6.45) is 2.93. The molecule has 1 heterocycles. The average Bonchev–Trinajstić information content (AvgIpc) is 2.85. The largest absolute Gasteiger partial charge is 0.345 e. The Morgan fingerprint density at radius 2 is 1.45 bits per heavy atom. The number of hydrogen-bond donors (Lipinski definition) is 1. The lowest BCUT2D eigenvalue weighted by Crippen LogP contribution is -2.35. The normalized spacial score (nSPS) is 15.7. The summed E-state index contributed by atoms with van der Waals surface area (Å²) in [6.45, 7) is 1.10. The Bertz CT molecular complexity index is 1170. The summed E-state index contributed by atoms with van der Waals surface area (Å²) in [5.41, 5.74) is 2.38. The van der Waals surface area contributed by atoms with E-state index in [1.54, 1.807) is 36.4 Å². The third kappa shape index (κ3) is 5.67. The van der Waals surface area contributed by atoms with Gasteiger partial charge < -0.3 is 5.32 Å². The van der Waals surface area contributed by atoms with E-state index in [1.165, 1.54) is 16.4 Å². The molecule has 1 atom stereocenters. The maximum atomic E-state index is 13.4. The van der Waals surface area contributed by atoms with Crippen molar-refractivity contribution in [1.29, 1.82) is 0 Å². The maximum absolute atomic E-state index is 13.4. The second kappa shape index (κ2) is 10.3. The van der Waals surface area contributed by atoms with Crippen molar-refractivity contribution in [3.8, 4) is 0 Å². The van der Waals surface area contributed by atoms with E-state index in [0.717, 1.165) is 36.0 Å². The average molecular weight is 467 g/mol. The zero-order chi connectivity index (χ0) is 23.3. The van der Waals surface area contributed by atoms with Crippen LogP contribution in [0.4, 0.5) is 4.39 Å². The number of amides is 1. The quantitative estimate of drug-likeness (QED) is 0.560. The van der Waals surface area contributed by atoms with Crippen LogP contribution in [0.1, 0.15) is 42.0 Å². The monoisotopic (exact) mass is 466 g/mol. The van der Waals surface area contributed by atoms with E-state index in [-0.39, 0.29) is 23.0 Å². The van der Waals surface area contributed by atoms with Crippen LogP contribution >= 0.6 is 0 Å². The third-order valence-corrected chi connectivity index (χ3v) is 7.80. The van der Waals surface area contributed by atoms with Gasteiger partial charge in [-0.3, -0.25) is 4.79 Å². The minimum absolute atomic E-state index is 0.106. The first-order valence-corrected chi connectivity index (χ1v) is 12.6. The lowest BCUT2D eigenvalue weighted by Gasteiger charge is -2.25. The number of rotatable bonds is 7. The topological polar surface area (TPSA) is 66.5 Å². The highest BCUT2D eigenvalue weighted by Gasteiger charge is 2.26. The number of sulfonamides is 1. The lowest BCUT2D eigenvalue weighted by molar-refractivity contribution is -0.120. The molecule has 1 fully saturated rings. The number of carbonyl (C=O) groups is 1. The smallest absolute Gasteiger partial charge is 0.243 e. The van der Waals surface area contributed by atoms with Gasteiger partial charge in [0.05, 0.1) is 17.4 Å². The van der Waals surface area contributed by atoms with Crippen LogP contribution in [0.2, 0.25) is 0 Å². The van der Waals surface area contributed by atoms with Crippen molar-refractivity contribution >= 4 is 15.9 Å². The molecule has 1 unspecified atom stereocenters. The molecule has 33 heavy (non-hydrogen) atoms. The molecule has 1 aliphatic rings. The van der Waals surface area contributed by atoms with Gasteiger partial charge in [0, 0.05) is 13.1 Å². The molecule has 5 nitrogen and oxygen atoms in total. The van der Waals surface area contributed by atoms with Gasteiger partial charge in [-0.2, -0.15) is 4.31 Å². The van der Waals surface area contributed by atoms with Crippen LogP contribution in [-0.4, -0.2) is 31.7 Å². The zero-order valence-corrected chi connectivity index (χ0v) is 19.1. The number of halogens is 1. The molecule has 1 N–H and O–H groups in total. The molecule has 0 aromatic heterocycles. The van der Waals surface area contributed by atoms with Crippen molar-refractivity contribution < 1.29 is 17.6 Å². The maximum Gasteiger partial charge on any atom is 0.243 e. The third-order valence-electron chi connectivity index (χ3n) is 5.88. The van der Waals surface area contributed by atoms with Gasteiger partial charge in [0.25, 0.3) is 0 Å². The second-order valence-corrected chi connectivity index (χ2v) is 10.2. The molecule has 1 aliphatic heterocycles. The molecule has 3 aromatic carbocycles. The number of nitrogens with zero attached hydrogens (tertiary/aromatic N) is 1. The second-order valence-electron chi connectivity index (χ2n) is 8.25. The first-order chi connectivity index (χ1) is 15.9. The minimum Gasteiger partial charge on any atom is -0.345 e. The van der Waals surface area contributed by atoms with Crippen LogP contribution < -0.4 is 5.32 Å². The highest BCUT2D eigenvalue weighted by Crippen LogP contribution is 2.23. The molecule has 0 spiro atoms. The van der Waals surface area contributed by atoms with Crippen LogP contribution in [0, 0.1) is 5.82 Å². The molecule has 0 aliphatic carbocycles. The fraction of sp³-hybridized carbons (Fsp3) is 0.269. The van der Waals surface area contributed by atoms with E-state index in [4.69, 9.17) is 0 Å². The molecule has 0 radical (unpaired) electrons. The molecular weight excluding hydrogens is 439 g/mol. The van der Waals surface area contributed by atoms with Gasteiger partial charge >= 0.3 is 0 Å². The minimum atomic E-state index is -3.50. The Hall–Kier alpha value is -3.03. The Morgan fingerprint density at radius 3 is 2.09 bits per heavy atom. The van der Waals surface area contributed by atoms with Crippen LogP contribution in [-0.2, 0) is 21.2 Å². The first kappa shape index (κ1) is 23.1. The van der Waals surface area contributed by atoms with Gasteiger partial charge in [-0.1, -0.05) is 61.0 Å². The van der Waals surface area contributed by atoms with Crippen molar-refractivity contribution in [3.05, 3.63) is 101 Å². The highest BCUT2D eigenvalue weighted by molar-refractivity contribution is 7.89. The van der Waals surface area contributed by atoms with E-state index < -0.39 is 16.1 Å². The van der Waals surface area contributed by atoms with E-state index in [2.05, 4.69) is 5.32 Å². The molecule has 172 valence electrons. The summed E-state index contributed by atoms with van der Waals surface area (Å²) in [7, 11) is -3.50.